The molecule has 12 heavy (non-hydrogen) atoms. The normalized spacial score (nSPS) is 14.6. The van der Waals surface area contributed by atoms with Crippen molar-refractivity contribution < 1.29 is 14.0 Å². The summed E-state index contributed by atoms with van der Waals surface area (Å²) >= 11 is 0. The van der Waals surface area contributed by atoms with E-state index >= 15 is 0 Å². The van der Waals surface area contributed by atoms with Gasteiger partial charge in [-0.2, -0.15) is 0 Å². The first-order valence-electron chi connectivity index (χ1n) is 3.89. The van der Waals surface area contributed by atoms with Crippen LogP contribution in [0.4, 0.5) is 0 Å². The van der Waals surface area contributed by atoms with Gasteiger partial charge in [-0.15, -0.1) is 11.8 Å². The lowest BCUT2D eigenvalue weighted by molar-refractivity contribution is 0.314. The van der Waals surface area contributed by atoms with Crippen molar-refractivity contribution in [1.82, 2.24) is 0 Å². The van der Waals surface area contributed by atoms with Gasteiger partial charge >= 0.3 is 7.60 Å². The zero-order valence-corrected chi connectivity index (χ0v) is 8.43. The first-order chi connectivity index (χ1) is 5.62. The molecule has 0 radical (unpaired) electrons. The maximum Gasteiger partial charge on any atom is 0.327 e. The molecule has 0 aromatic rings. The highest BCUT2D eigenvalue weighted by Crippen LogP contribution is 2.41. The van der Waals surface area contributed by atoms with E-state index in [1.165, 1.54) is 7.11 Å². The van der Waals surface area contributed by atoms with Crippen LogP contribution in [0.2, 0.25) is 0 Å². The van der Waals surface area contributed by atoms with E-state index in [1.807, 2.05) is 0 Å². The Morgan fingerprint density at radius 3 is 2.67 bits per heavy atom. The summed E-state index contributed by atoms with van der Waals surface area (Å²) in [4.78, 5) is 8.98. The first kappa shape index (κ1) is 11.7. The third-order valence-corrected chi connectivity index (χ3v) is 2.91. The second-order valence-electron chi connectivity index (χ2n) is 2.43. The second kappa shape index (κ2) is 6.25. The quantitative estimate of drug-likeness (QED) is 0.409. The molecule has 1 atom stereocenters. The van der Waals surface area contributed by atoms with E-state index in [0.29, 0.717) is 6.42 Å². The topological polar surface area (TPSA) is 46.5 Å². The molecule has 3 nitrogen and oxygen atoms in total. The van der Waals surface area contributed by atoms with E-state index in [1.54, 1.807) is 6.92 Å². The number of hydrogen-bond donors (Lipinski definition) is 1. The summed E-state index contributed by atoms with van der Waals surface area (Å²) in [6.45, 7) is 1.78. The molecule has 0 heterocycles. The van der Waals surface area contributed by atoms with Gasteiger partial charge in [0.25, 0.3) is 0 Å². The molecule has 0 fully saturated rings. The Kier molecular flexibility index (Phi) is 6.10. The summed E-state index contributed by atoms with van der Waals surface area (Å²) < 4.78 is 15.3. The second-order valence-corrected chi connectivity index (χ2v) is 4.51. The van der Waals surface area contributed by atoms with E-state index in [4.69, 9.17) is 4.89 Å². The van der Waals surface area contributed by atoms with Gasteiger partial charge in [-0.25, -0.2) is 0 Å². The van der Waals surface area contributed by atoms with Gasteiger partial charge in [0.15, 0.2) is 0 Å². The minimum absolute atomic E-state index is 0.231. The third-order valence-electron chi connectivity index (χ3n) is 1.45. The maximum atomic E-state index is 10.9. The summed E-state index contributed by atoms with van der Waals surface area (Å²) in [6.07, 6.45) is 2.57. The van der Waals surface area contributed by atoms with Crippen molar-refractivity contribution in [2.45, 2.75) is 26.2 Å². The van der Waals surface area contributed by atoms with Gasteiger partial charge in [0.1, 0.15) is 0 Å². The maximum absolute atomic E-state index is 10.9. The summed E-state index contributed by atoms with van der Waals surface area (Å²) in [5, 5.41) is 0. The average Bonchev–Trinajstić information content (AvgIpc) is 2.04. The fourth-order valence-corrected chi connectivity index (χ4v) is 1.55. The van der Waals surface area contributed by atoms with Crippen LogP contribution in [0.1, 0.15) is 26.2 Å². The molecule has 0 amide bonds. The van der Waals surface area contributed by atoms with Crippen LogP contribution in [0.15, 0.2) is 0 Å². The van der Waals surface area contributed by atoms with E-state index < -0.39 is 7.60 Å². The smallest absolute Gasteiger partial charge is 0.324 e. The summed E-state index contributed by atoms with van der Waals surface area (Å²) in [5.41, 5.74) is 0. The lowest BCUT2D eigenvalue weighted by Crippen LogP contribution is -1.90. The van der Waals surface area contributed by atoms with Gasteiger partial charge in [0.2, 0.25) is 0 Å². The summed E-state index contributed by atoms with van der Waals surface area (Å²) in [6, 6.07) is 0. The van der Waals surface area contributed by atoms with Crippen molar-refractivity contribution in [2.75, 3.05) is 13.3 Å². The van der Waals surface area contributed by atoms with Crippen LogP contribution < -0.4 is 0 Å². The zero-order chi connectivity index (χ0) is 9.45. The van der Waals surface area contributed by atoms with Crippen molar-refractivity contribution in [3.05, 3.63) is 0 Å². The minimum atomic E-state index is -3.27. The minimum Gasteiger partial charge on any atom is -0.324 e. The van der Waals surface area contributed by atoms with Gasteiger partial charge in [-0.05, 0) is 19.8 Å². The molecular formula is C8H15O3P. The standard InChI is InChI=1S/C8H15O3P/c1-3-4-5-6-7-8-12(9,10)11-2/h5-8H2,1-2H3,(H,9,10). The Labute approximate surface area is 73.7 Å². The molecular weight excluding hydrogens is 175 g/mol. The molecule has 0 aromatic heterocycles. The van der Waals surface area contributed by atoms with Crippen LogP contribution in [-0.4, -0.2) is 18.2 Å². The predicted molar refractivity (Wildman–Crippen MR) is 49.0 cm³/mol. The monoisotopic (exact) mass is 190 g/mol. The fraction of sp³-hybridized carbons (Fsp3) is 0.750. The van der Waals surface area contributed by atoms with Crippen LogP contribution in [-0.2, 0) is 9.09 Å². The molecule has 0 saturated heterocycles. The van der Waals surface area contributed by atoms with Crippen molar-refractivity contribution in [1.29, 1.82) is 0 Å². The lowest BCUT2D eigenvalue weighted by Gasteiger charge is -2.06. The Bertz CT molecular complexity index is 214. The molecule has 70 valence electrons. The number of rotatable bonds is 5. The van der Waals surface area contributed by atoms with Crippen LogP contribution in [0.25, 0.3) is 0 Å². The molecule has 0 aromatic carbocycles. The van der Waals surface area contributed by atoms with E-state index in [2.05, 4.69) is 16.4 Å². The molecule has 0 bridgehead atoms. The molecule has 0 aliphatic heterocycles. The van der Waals surface area contributed by atoms with E-state index in [-0.39, 0.29) is 6.16 Å². The molecule has 0 saturated carbocycles. The summed E-state index contributed by atoms with van der Waals surface area (Å²) in [7, 11) is -2.01. The number of unbranched alkanes of at least 4 members (excludes halogenated alkanes) is 2. The first-order valence-corrected chi connectivity index (χ1v) is 5.66. The van der Waals surface area contributed by atoms with Gasteiger partial charge < -0.3 is 9.42 Å². The van der Waals surface area contributed by atoms with Gasteiger partial charge in [0, 0.05) is 13.5 Å². The highest BCUT2D eigenvalue weighted by atomic mass is 31.2. The van der Waals surface area contributed by atoms with Crippen molar-refractivity contribution in [2.24, 2.45) is 0 Å². The molecule has 0 rings (SSSR count). The molecule has 0 aliphatic rings. The van der Waals surface area contributed by atoms with Crippen molar-refractivity contribution in [3.63, 3.8) is 0 Å². The molecule has 0 spiro atoms. The summed E-state index contributed by atoms with van der Waals surface area (Å²) in [5.74, 6) is 5.66. The fourth-order valence-electron chi connectivity index (χ4n) is 0.741. The average molecular weight is 190 g/mol. The largest absolute Gasteiger partial charge is 0.327 e. The number of hydrogen-bond acceptors (Lipinski definition) is 2. The Morgan fingerprint density at radius 2 is 2.17 bits per heavy atom. The highest BCUT2D eigenvalue weighted by molar-refractivity contribution is 7.52. The highest BCUT2D eigenvalue weighted by Gasteiger charge is 2.14. The van der Waals surface area contributed by atoms with Crippen molar-refractivity contribution in [3.8, 4) is 11.8 Å². The Balaban J connectivity index is 3.41. The Morgan fingerprint density at radius 1 is 1.50 bits per heavy atom. The van der Waals surface area contributed by atoms with E-state index in [0.717, 1.165) is 12.8 Å². The zero-order valence-electron chi connectivity index (χ0n) is 7.54. The molecule has 0 aliphatic carbocycles. The Hall–Kier alpha value is -0.290. The third kappa shape index (κ3) is 6.42. The van der Waals surface area contributed by atoms with E-state index in [9.17, 15) is 4.57 Å². The lowest BCUT2D eigenvalue weighted by atomic mass is 10.2. The van der Waals surface area contributed by atoms with Crippen LogP contribution in [0, 0.1) is 11.8 Å². The van der Waals surface area contributed by atoms with Crippen LogP contribution >= 0.6 is 7.60 Å². The SMILES string of the molecule is CC#CCCCCP(=O)(O)OC. The molecule has 4 heteroatoms. The van der Waals surface area contributed by atoms with Crippen LogP contribution in [0.5, 0.6) is 0 Å². The predicted octanol–water partition coefficient (Wildman–Crippen LogP) is 2.01. The van der Waals surface area contributed by atoms with Crippen LogP contribution in [0.3, 0.4) is 0 Å². The van der Waals surface area contributed by atoms with Gasteiger partial charge in [-0.1, -0.05) is 0 Å². The van der Waals surface area contributed by atoms with Gasteiger partial charge in [0.05, 0.1) is 6.16 Å². The molecule has 1 N–H and O–H groups in total. The van der Waals surface area contributed by atoms with Gasteiger partial charge in [-0.3, -0.25) is 4.57 Å². The molecule has 1 unspecified atom stereocenters. The van der Waals surface area contributed by atoms with Crippen molar-refractivity contribution >= 4 is 7.60 Å².